The van der Waals surface area contributed by atoms with Crippen molar-refractivity contribution in [1.29, 1.82) is 0 Å². The van der Waals surface area contributed by atoms with E-state index in [0.29, 0.717) is 16.9 Å². The lowest BCUT2D eigenvalue weighted by Crippen LogP contribution is -2.37. The number of rotatable bonds is 4. The number of imide groups is 1. The van der Waals surface area contributed by atoms with Crippen molar-refractivity contribution in [3.05, 3.63) is 94.3 Å². The molecule has 2 aliphatic rings. The average molecular weight is 430 g/mol. The number of pyridine rings is 1. The lowest BCUT2D eigenvalue weighted by Gasteiger charge is -2.28. The van der Waals surface area contributed by atoms with Gasteiger partial charge in [-0.25, -0.2) is 9.96 Å². The number of non-ortho nitro benzene ring substituents is 1. The van der Waals surface area contributed by atoms with E-state index >= 15 is 0 Å². The van der Waals surface area contributed by atoms with Crippen molar-refractivity contribution >= 4 is 28.9 Å². The highest BCUT2D eigenvalue weighted by Gasteiger charge is 2.60. The van der Waals surface area contributed by atoms with E-state index in [1.54, 1.807) is 42.7 Å². The monoisotopic (exact) mass is 430 g/mol. The van der Waals surface area contributed by atoms with Crippen molar-refractivity contribution in [2.45, 2.75) is 19.1 Å². The van der Waals surface area contributed by atoms with Crippen molar-refractivity contribution in [2.75, 3.05) is 9.96 Å². The fourth-order valence-corrected chi connectivity index (χ4v) is 4.23. The Morgan fingerprint density at radius 3 is 2.38 bits per heavy atom. The molecule has 9 nitrogen and oxygen atoms in total. The van der Waals surface area contributed by atoms with E-state index in [-0.39, 0.29) is 11.6 Å². The maximum atomic E-state index is 13.5. The Morgan fingerprint density at radius 2 is 1.69 bits per heavy atom. The summed E-state index contributed by atoms with van der Waals surface area (Å²) in [7, 11) is 0. The van der Waals surface area contributed by atoms with E-state index in [1.807, 2.05) is 19.1 Å². The van der Waals surface area contributed by atoms with Crippen LogP contribution in [0.3, 0.4) is 0 Å². The number of aryl methyl sites for hydroxylation is 1. The average Bonchev–Trinajstić information content (AvgIpc) is 3.31. The molecule has 2 saturated heterocycles. The third-order valence-electron chi connectivity index (χ3n) is 5.75. The van der Waals surface area contributed by atoms with Gasteiger partial charge in [0.15, 0.2) is 6.10 Å². The van der Waals surface area contributed by atoms with Gasteiger partial charge in [0.2, 0.25) is 5.91 Å². The number of hydrogen-bond acceptors (Lipinski definition) is 7. The number of nitrogens with zero attached hydrogens (tertiary/aromatic N) is 4. The molecule has 3 atom stereocenters. The van der Waals surface area contributed by atoms with Gasteiger partial charge in [-0.3, -0.25) is 29.5 Å². The van der Waals surface area contributed by atoms with Crippen LogP contribution in [0.2, 0.25) is 0 Å². The predicted octanol–water partition coefficient (Wildman–Crippen LogP) is 3.35. The molecule has 1 aromatic heterocycles. The summed E-state index contributed by atoms with van der Waals surface area (Å²) in [5.41, 5.74) is 2.48. The Labute approximate surface area is 183 Å². The Balaban J connectivity index is 1.58. The van der Waals surface area contributed by atoms with Crippen LogP contribution in [-0.2, 0) is 14.4 Å². The molecule has 0 aliphatic carbocycles. The van der Waals surface area contributed by atoms with Gasteiger partial charge in [0, 0.05) is 24.5 Å². The third-order valence-corrected chi connectivity index (χ3v) is 5.75. The fourth-order valence-electron chi connectivity index (χ4n) is 4.23. The quantitative estimate of drug-likeness (QED) is 0.355. The molecule has 32 heavy (non-hydrogen) atoms. The first-order chi connectivity index (χ1) is 15.5. The number of aromatic nitrogens is 1. The number of nitro groups is 1. The number of carbonyl (C=O) groups is 2. The van der Waals surface area contributed by atoms with Crippen LogP contribution in [0.25, 0.3) is 0 Å². The number of nitro benzene ring substituents is 1. The summed E-state index contributed by atoms with van der Waals surface area (Å²) in [4.78, 5) is 48.7. The molecule has 3 aromatic rings. The van der Waals surface area contributed by atoms with Crippen LogP contribution in [0.15, 0.2) is 73.1 Å². The van der Waals surface area contributed by atoms with Gasteiger partial charge in [0.25, 0.3) is 11.6 Å². The highest BCUT2D eigenvalue weighted by Crippen LogP contribution is 2.47. The highest BCUT2D eigenvalue weighted by atomic mass is 16.7. The maximum absolute atomic E-state index is 13.5. The van der Waals surface area contributed by atoms with E-state index in [9.17, 15) is 19.7 Å². The number of hydrogen-bond donors (Lipinski definition) is 0. The highest BCUT2D eigenvalue weighted by molar-refractivity contribution is 6.23. The van der Waals surface area contributed by atoms with E-state index in [0.717, 1.165) is 10.5 Å². The summed E-state index contributed by atoms with van der Waals surface area (Å²) in [6.45, 7) is 1.92. The normalized spacial score (nSPS) is 22.3. The van der Waals surface area contributed by atoms with Crippen LogP contribution in [0.5, 0.6) is 0 Å². The van der Waals surface area contributed by atoms with Gasteiger partial charge in [-0.1, -0.05) is 23.8 Å². The summed E-state index contributed by atoms with van der Waals surface area (Å²) < 4.78 is 0. The van der Waals surface area contributed by atoms with Crippen molar-refractivity contribution in [3.8, 4) is 0 Å². The topological polar surface area (TPSA) is 106 Å². The second kappa shape index (κ2) is 7.54. The van der Waals surface area contributed by atoms with Gasteiger partial charge in [0.05, 0.1) is 22.3 Å². The van der Waals surface area contributed by atoms with Crippen LogP contribution < -0.4 is 9.96 Å². The molecule has 0 N–H and O–H groups in total. The molecule has 2 aromatic carbocycles. The Hall–Kier alpha value is -4.11. The largest absolute Gasteiger partial charge is 0.273 e. The zero-order valence-electron chi connectivity index (χ0n) is 17.0. The van der Waals surface area contributed by atoms with Gasteiger partial charge >= 0.3 is 0 Å². The smallest absolute Gasteiger partial charge is 0.271 e. The number of hydroxylamine groups is 1. The molecule has 2 aliphatic heterocycles. The summed E-state index contributed by atoms with van der Waals surface area (Å²) >= 11 is 0. The Kier molecular flexibility index (Phi) is 4.67. The van der Waals surface area contributed by atoms with Crippen LogP contribution in [0, 0.1) is 23.0 Å². The zero-order valence-corrected chi connectivity index (χ0v) is 17.0. The first kappa shape index (κ1) is 19.8. The number of fused-ring (bicyclic) bond motifs is 1. The number of benzene rings is 2. The van der Waals surface area contributed by atoms with E-state index in [1.165, 1.54) is 23.3 Å². The molecule has 5 rings (SSSR count). The van der Waals surface area contributed by atoms with E-state index in [2.05, 4.69) is 4.98 Å². The molecule has 0 radical (unpaired) electrons. The minimum Gasteiger partial charge on any atom is -0.273 e. The first-order valence-corrected chi connectivity index (χ1v) is 10.0. The van der Waals surface area contributed by atoms with Crippen molar-refractivity contribution in [1.82, 2.24) is 4.98 Å². The van der Waals surface area contributed by atoms with E-state index in [4.69, 9.17) is 4.84 Å². The number of carbonyl (C=O) groups excluding carboxylic acids is 2. The molecule has 0 saturated carbocycles. The standard InChI is InChI=1S/C23H18N4O5/c1-14-5-7-16(8-6-14)25-22(28)19-20(15-9-11-24-12-10-15)26(32-21(19)23(25)29)17-3-2-4-18(13-17)27(30)31/h2-13,19-21H,1H3/t19-,20-,21-/m1/s1. The maximum Gasteiger partial charge on any atom is 0.271 e. The second-order valence-corrected chi connectivity index (χ2v) is 7.73. The van der Waals surface area contributed by atoms with Crippen LogP contribution in [0.1, 0.15) is 17.2 Å². The van der Waals surface area contributed by atoms with Gasteiger partial charge < -0.3 is 0 Å². The van der Waals surface area contributed by atoms with Crippen molar-refractivity contribution < 1.29 is 19.3 Å². The lowest BCUT2D eigenvalue weighted by molar-refractivity contribution is -0.384. The zero-order chi connectivity index (χ0) is 22.4. The molecular weight excluding hydrogens is 412 g/mol. The summed E-state index contributed by atoms with van der Waals surface area (Å²) in [5, 5.41) is 12.7. The summed E-state index contributed by atoms with van der Waals surface area (Å²) in [5.74, 6) is -1.65. The van der Waals surface area contributed by atoms with Crippen LogP contribution >= 0.6 is 0 Å². The Morgan fingerprint density at radius 1 is 0.969 bits per heavy atom. The molecule has 0 unspecified atom stereocenters. The Bertz CT molecular complexity index is 1210. The molecule has 9 heteroatoms. The van der Waals surface area contributed by atoms with Crippen molar-refractivity contribution in [3.63, 3.8) is 0 Å². The number of amides is 2. The van der Waals surface area contributed by atoms with Gasteiger partial charge in [-0.05, 0) is 42.8 Å². The molecule has 3 heterocycles. The minimum absolute atomic E-state index is 0.115. The number of anilines is 2. The first-order valence-electron chi connectivity index (χ1n) is 10.0. The van der Waals surface area contributed by atoms with Gasteiger partial charge in [-0.15, -0.1) is 0 Å². The van der Waals surface area contributed by atoms with Gasteiger partial charge in [0.1, 0.15) is 5.92 Å². The predicted molar refractivity (Wildman–Crippen MR) is 115 cm³/mol. The molecule has 0 bridgehead atoms. The van der Waals surface area contributed by atoms with Crippen molar-refractivity contribution in [2.24, 2.45) is 5.92 Å². The molecule has 2 amide bonds. The third kappa shape index (κ3) is 3.10. The van der Waals surface area contributed by atoms with E-state index < -0.39 is 28.9 Å². The minimum atomic E-state index is -1.04. The van der Waals surface area contributed by atoms with Crippen LogP contribution in [-0.4, -0.2) is 27.8 Å². The van der Waals surface area contributed by atoms with Gasteiger partial charge in [-0.2, -0.15) is 0 Å². The molecular formula is C23H18N4O5. The second-order valence-electron chi connectivity index (χ2n) is 7.73. The molecule has 0 spiro atoms. The summed E-state index contributed by atoms with van der Waals surface area (Å²) in [6.07, 6.45) is 2.14. The van der Waals surface area contributed by atoms with Crippen LogP contribution in [0.4, 0.5) is 17.1 Å². The SMILES string of the molecule is Cc1ccc(N2C(=O)[C@@H]3[C@@H](c4ccncc4)N(c4cccc([N+](=O)[O-])c4)O[C@H]3C2=O)cc1. The lowest BCUT2D eigenvalue weighted by atomic mass is 9.91. The molecule has 2 fully saturated rings. The summed E-state index contributed by atoms with van der Waals surface area (Å²) in [6, 6.07) is 15.9. The fraction of sp³-hybridized carbons (Fsp3) is 0.174. The molecule has 160 valence electrons.